The van der Waals surface area contributed by atoms with Crippen molar-refractivity contribution < 1.29 is 14.6 Å². The normalized spacial score (nSPS) is 12.8. The number of aromatic nitrogens is 1. The quantitative estimate of drug-likeness (QED) is 0.540. The van der Waals surface area contributed by atoms with E-state index in [9.17, 15) is 5.11 Å². The van der Waals surface area contributed by atoms with Gasteiger partial charge < -0.3 is 14.6 Å². The molecule has 0 aliphatic heterocycles. The van der Waals surface area contributed by atoms with Gasteiger partial charge in [0.25, 0.3) is 0 Å². The highest BCUT2D eigenvalue weighted by Gasteiger charge is 2.06. The van der Waals surface area contributed by atoms with Gasteiger partial charge in [-0.15, -0.1) is 0 Å². The number of hydrogen-bond donors (Lipinski definition) is 1. The highest BCUT2D eigenvalue weighted by atomic mass is 16.6. The molecule has 0 aliphatic rings. The zero-order chi connectivity index (χ0) is 9.52. The molecule has 1 aromatic heterocycles. The molecule has 1 aromatic rings. The van der Waals surface area contributed by atoms with Crippen molar-refractivity contribution in [2.75, 3.05) is 20.3 Å². The standard InChI is InChI=1S/C9H13NO3/c1-12-6-7-13-9(11)8-4-2-3-5-10-8/h2-5,9,11H,6-7H2,1H3. The zero-order valence-electron chi connectivity index (χ0n) is 7.51. The van der Waals surface area contributed by atoms with Gasteiger partial charge in [-0.05, 0) is 12.1 Å². The third kappa shape index (κ3) is 3.50. The highest BCUT2D eigenvalue weighted by molar-refractivity contribution is 5.04. The van der Waals surface area contributed by atoms with Crippen molar-refractivity contribution in [2.45, 2.75) is 6.29 Å². The fourth-order valence-corrected chi connectivity index (χ4v) is 0.851. The maximum Gasteiger partial charge on any atom is 0.198 e. The SMILES string of the molecule is COCCOC(O)c1ccccn1. The van der Waals surface area contributed by atoms with E-state index in [0.717, 1.165) is 0 Å². The molecule has 0 saturated heterocycles. The number of methoxy groups -OCH3 is 1. The van der Waals surface area contributed by atoms with Crippen molar-refractivity contribution in [1.82, 2.24) is 4.98 Å². The Morgan fingerprint density at radius 2 is 2.31 bits per heavy atom. The van der Waals surface area contributed by atoms with Crippen LogP contribution in [0.25, 0.3) is 0 Å². The van der Waals surface area contributed by atoms with Gasteiger partial charge in [0.1, 0.15) is 0 Å². The van der Waals surface area contributed by atoms with Crippen LogP contribution in [-0.2, 0) is 9.47 Å². The maximum atomic E-state index is 9.41. The Morgan fingerprint density at radius 1 is 1.46 bits per heavy atom. The van der Waals surface area contributed by atoms with E-state index >= 15 is 0 Å². The molecule has 1 unspecified atom stereocenters. The number of aliphatic hydroxyl groups excluding tert-OH is 1. The first-order chi connectivity index (χ1) is 6.34. The van der Waals surface area contributed by atoms with E-state index in [-0.39, 0.29) is 0 Å². The molecule has 13 heavy (non-hydrogen) atoms. The van der Waals surface area contributed by atoms with Crippen molar-refractivity contribution in [3.63, 3.8) is 0 Å². The average molecular weight is 183 g/mol. The summed E-state index contributed by atoms with van der Waals surface area (Å²) in [6.07, 6.45) is 0.648. The summed E-state index contributed by atoms with van der Waals surface area (Å²) in [4.78, 5) is 3.94. The minimum absolute atomic E-state index is 0.355. The number of pyridine rings is 1. The lowest BCUT2D eigenvalue weighted by Gasteiger charge is -2.10. The second kappa shape index (κ2) is 5.64. The molecule has 4 nitrogen and oxygen atoms in total. The molecular formula is C9H13NO3. The van der Waals surface area contributed by atoms with Crippen molar-refractivity contribution >= 4 is 0 Å². The molecule has 0 aromatic carbocycles. The summed E-state index contributed by atoms with van der Waals surface area (Å²) in [5.41, 5.74) is 0.513. The van der Waals surface area contributed by atoms with Crippen LogP contribution in [0.5, 0.6) is 0 Å². The van der Waals surface area contributed by atoms with Crippen LogP contribution < -0.4 is 0 Å². The van der Waals surface area contributed by atoms with Crippen LogP contribution in [0.4, 0.5) is 0 Å². The van der Waals surface area contributed by atoms with Crippen LogP contribution in [0.1, 0.15) is 12.0 Å². The van der Waals surface area contributed by atoms with Crippen LogP contribution in [0, 0.1) is 0 Å². The average Bonchev–Trinajstić information content (AvgIpc) is 2.19. The van der Waals surface area contributed by atoms with Gasteiger partial charge in [0.15, 0.2) is 6.29 Å². The molecule has 1 rings (SSSR count). The minimum atomic E-state index is -0.962. The summed E-state index contributed by atoms with van der Waals surface area (Å²) in [6, 6.07) is 5.29. The molecule has 0 saturated carbocycles. The fourth-order valence-electron chi connectivity index (χ4n) is 0.851. The Morgan fingerprint density at radius 3 is 2.92 bits per heavy atom. The lowest BCUT2D eigenvalue weighted by atomic mass is 10.3. The number of ether oxygens (including phenoxy) is 2. The Kier molecular flexibility index (Phi) is 4.39. The fraction of sp³-hybridized carbons (Fsp3) is 0.444. The summed E-state index contributed by atoms with van der Waals surface area (Å²) in [7, 11) is 1.58. The molecule has 0 amide bonds. The van der Waals surface area contributed by atoms with Crippen LogP contribution in [-0.4, -0.2) is 30.4 Å². The van der Waals surface area contributed by atoms with Crippen molar-refractivity contribution in [3.05, 3.63) is 30.1 Å². The smallest absolute Gasteiger partial charge is 0.198 e. The molecule has 4 heteroatoms. The molecule has 0 spiro atoms. The number of hydrogen-bond acceptors (Lipinski definition) is 4. The van der Waals surface area contributed by atoms with Crippen molar-refractivity contribution in [1.29, 1.82) is 0 Å². The maximum absolute atomic E-state index is 9.41. The second-order valence-electron chi connectivity index (χ2n) is 2.47. The third-order valence-corrected chi connectivity index (χ3v) is 1.50. The largest absolute Gasteiger partial charge is 0.382 e. The Labute approximate surface area is 77.1 Å². The predicted molar refractivity (Wildman–Crippen MR) is 47.0 cm³/mol. The number of aliphatic hydroxyl groups is 1. The van der Waals surface area contributed by atoms with Gasteiger partial charge in [0.05, 0.1) is 18.9 Å². The Bertz CT molecular complexity index is 228. The first-order valence-electron chi connectivity index (χ1n) is 4.04. The summed E-state index contributed by atoms with van der Waals surface area (Å²) in [5.74, 6) is 0. The van der Waals surface area contributed by atoms with Gasteiger partial charge in [-0.3, -0.25) is 4.98 Å². The topological polar surface area (TPSA) is 51.6 Å². The van der Waals surface area contributed by atoms with E-state index in [1.165, 1.54) is 0 Å². The number of rotatable bonds is 5. The molecule has 0 bridgehead atoms. The van der Waals surface area contributed by atoms with E-state index in [4.69, 9.17) is 9.47 Å². The van der Waals surface area contributed by atoms with E-state index in [0.29, 0.717) is 18.9 Å². The summed E-state index contributed by atoms with van der Waals surface area (Å²) in [6.45, 7) is 0.818. The van der Waals surface area contributed by atoms with Crippen LogP contribution in [0.3, 0.4) is 0 Å². The van der Waals surface area contributed by atoms with Gasteiger partial charge in [0.2, 0.25) is 0 Å². The molecule has 0 fully saturated rings. The molecule has 1 heterocycles. The highest BCUT2D eigenvalue weighted by Crippen LogP contribution is 2.09. The predicted octanol–water partition coefficient (Wildman–Crippen LogP) is 0.736. The molecule has 1 N–H and O–H groups in total. The molecule has 1 atom stereocenters. The lowest BCUT2D eigenvalue weighted by molar-refractivity contribution is -0.115. The summed E-state index contributed by atoms with van der Waals surface area (Å²) in [5, 5.41) is 9.41. The molecule has 0 aliphatic carbocycles. The summed E-state index contributed by atoms with van der Waals surface area (Å²) < 4.78 is 9.81. The minimum Gasteiger partial charge on any atom is -0.382 e. The molecule has 0 radical (unpaired) electrons. The van der Waals surface area contributed by atoms with E-state index in [1.807, 2.05) is 0 Å². The van der Waals surface area contributed by atoms with Gasteiger partial charge in [-0.25, -0.2) is 0 Å². The van der Waals surface area contributed by atoms with Gasteiger partial charge in [-0.1, -0.05) is 6.07 Å². The monoisotopic (exact) mass is 183 g/mol. The first kappa shape index (κ1) is 10.1. The second-order valence-corrected chi connectivity index (χ2v) is 2.47. The molecular weight excluding hydrogens is 170 g/mol. The first-order valence-corrected chi connectivity index (χ1v) is 4.04. The zero-order valence-corrected chi connectivity index (χ0v) is 7.51. The van der Waals surface area contributed by atoms with E-state index in [2.05, 4.69) is 4.98 Å². The van der Waals surface area contributed by atoms with Gasteiger partial charge in [-0.2, -0.15) is 0 Å². The van der Waals surface area contributed by atoms with Crippen LogP contribution >= 0.6 is 0 Å². The van der Waals surface area contributed by atoms with Gasteiger partial charge >= 0.3 is 0 Å². The van der Waals surface area contributed by atoms with E-state index in [1.54, 1.807) is 31.5 Å². The van der Waals surface area contributed by atoms with E-state index < -0.39 is 6.29 Å². The van der Waals surface area contributed by atoms with Crippen LogP contribution in [0.15, 0.2) is 24.4 Å². The third-order valence-electron chi connectivity index (χ3n) is 1.50. The van der Waals surface area contributed by atoms with Crippen molar-refractivity contribution in [2.24, 2.45) is 0 Å². The Hall–Kier alpha value is -0.970. The van der Waals surface area contributed by atoms with Crippen LogP contribution in [0.2, 0.25) is 0 Å². The number of nitrogens with zero attached hydrogens (tertiary/aromatic N) is 1. The summed E-state index contributed by atoms with van der Waals surface area (Å²) >= 11 is 0. The van der Waals surface area contributed by atoms with Gasteiger partial charge in [0, 0.05) is 13.3 Å². The lowest BCUT2D eigenvalue weighted by Crippen LogP contribution is -2.09. The Balaban J connectivity index is 2.35. The van der Waals surface area contributed by atoms with Crippen molar-refractivity contribution in [3.8, 4) is 0 Å². The molecule has 72 valence electrons.